The third-order valence-electron chi connectivity index (χ3n) is 5.86. The number of hydrogen-bond acceptors (Lipinski definition) is 5. The standard InChI is InChI=1S/C23H26BrN5O3/c1-3-29-21-20(15(2)26-29)27(14-19(30)25-18-11-9-17(24)10-12-18)23(32)28(22(21)31)13-16-7-5-4-6-8-16/h4-12,15,20-21,26H,3,13-14H2,1-2H3,(H,25,30). The fourth-order valence-corrected chi connectivity index (χ4v) is 4.66. The molecule has 3 unspecified atom stereocenters. The number of carbonyl (C=O) groups is 3. The van der Waals surface area contributed by atoms with Gasteiger partial charge in [-0.3, -0.25) is 14.5 Å². The number of rotatable bonds is 6. The van der Waals surface area contributed by atoms with Crippen molar-refractivity contribution in [1.29, 1.82) is 0 Å². The zero-order valence-corrected chi connectivity index (χ0v) is 19.6. The van der Waals surface area contributed by atoms with Crippen LogP contribution in [0.2, 0.25) is 0 Å². The summed E-state index contributed by atoms with van der Waals surface area (Å²) in [4.78, 5) is 42.5. The maximum Gasteiger partial charge on any atom is 0.327 e. The van der Waals surface area contributed by atoms with E-state index in [1.807, 2.05) is 61.3 Å². The number of likely N-dealkylation sites (N-methyl/N-ethyl adjacent to an activating group) is 1. The monoisotopic (exact) mass is 499 g/mol. The minimum absolute atomic E-state index is 0.141. The Kier molecular flexibility index (Phi) is 6.59. The van der Waals surface area contributed by atoms with E-state index in [9.17, 15) is 14.4 Å². The van der Waals surface area contributed by atoms with Gasteiger partial charge in [-0.05, 0) is 36.8 Å². The third-order valence-corrected chi connectivity index (χ3v) is 6.39. The summed E-state index contributed by atoms with van der Waals surface area (Å²) < 4.78 is 0.908. The molecule has 2 aliphatic rings. The van der Waals surface area contributed by atoms with Crippen molar-refractivity contribution in [1.82, 2.24) is 20.2 Å². The van der Waals surface area contributed by atoms with Gasteiger partial charge >= 0.3 is 6.03 Å². The number of amides is 4. The van der Waals surface area contributed by atoms with Crippen molar-refractivity contribution in [3.05, 3.63) is 64.6 Å². The lowest BCUT2D eigenvalue weighted by atomic mass is 9.97. The second-order valence-corrected chi connectivity index (χ2v) is 8.93. The second-order valence-electron chi connectivity index (χ2n) is 8.01. The lowest BCUT2D eigenvalue weighted by molar-refractivity contribution is -0.140. The number of nitrogens with zero attached hydrogens (tertiary/aromatic N) is 3. The number of imide groups is 1. The molecule has 3 atom stereocenters. The molecular formula is C23H26BrN5O3. The van der Waals surface area contributed by atoms with Gasteiger partial charge in [-0.2, -0.15) is 0 Å². The van der Waals surface area contributed by atoms with Gasteiger partial charge in [0.2, 0.25) is 5.91 Å². The lowest BCUT2D eigenvalue weighted by Gasteiger charge is -2.43. The van der Waals surface area contributed by atoms with Gasteiger partial charge in [-0.25, -0.2) is 15.2 Å². The number of nitrogens with one attached hydrogen (secondary N) is 2. The first-order chi connectivity index (χ1) is 15.4. The average molecular weight is 500 g/mol. The molecular weight excluding hydrogens is 474 g/mol. The largest absolute Gasteiger partial charge is 0.327 e. The van der Waals surface area contributed by atoms with E-state index in [1.54, 1.807) is 12.1 Å². The van der Waals surface area contributed by atoms with Gasteiger partial charge in [0, 0.05) is 22.7 Å². The SMILES string of the molecule is CCN1NC(C)C2C1C(=O)N(Cc1ccccc1)C(=O)N2CC(=O)Nc1ccc(Br)cc1. The van der Waals surface area contributed by atoms with Crippen LogP contribution in [0.3, 0.4) is 0 Å². The fourth-order valence-electron chi connectivity index (χ4n) is 4.39. The first-order valence-corrected chi connectivity index (χ1v) is 11.4. The van der Waals surface area contributed by atoms with E-state index in [1.165, 1.54) is 9.80 Å². The minimum atomic E-state index is -0.545. The second kappa shape index (κ2) is 9.40. The van der Waals surface area contributed by atoms with Crippen molar-refractivity contribution in [3.8, 4) is 0 Å². The molecule has 168 valence electrons. The molecule has 8 nitrogen and oxygen atoms in total. The summed E-state index contributed by atoms with van der Waals surface area (Å²) in [5.74, 6) is -0.553. The number of hydrazine groups is 1. The smallest absolute Gasteiger partial charge is 0.325 e. The topological polar surface area (TPSA) is 85.0 Å². The summed E-state index contributed by atoms with van der Waals surface area (Å²) in [5, 5.41) is 4.70. The Morgan fingerprint density at radius 1 is 1.09 bits per heavy atom. The summed E-state index contributed by atoms with van der Waals surface area (Å²) in [7, 11) is 0. The van der Waals surface area contributed by atoms with Crippen LogP contribution in [0.25, 0.3) is 0 Å². The van der Waals surface area contributed by atoms with Gasteiger partial charge in [-0.15, -0.1) is 0 Å². The number of benzene rings is 2. The molecule has 2 heterocycles. The number of halogens is 1. The molecule has 4 rings (SSSR count). The molecule has 2 fully saturated rings. The molecule has 9 heteroatoms. The quantitative estimate of drug-likeness (QED) is 0.638. The number of carbonyl (C=O) groups excluding carboxylic acids is 3. The Morgan fingerprint density at radius 2 is 1.78 bits per heavy atom. The predicted octanol–water partition coefficient (Wildman–Crippen LogP) is 2.82. The molecule has 0 radical (unpaired) electrons. The fraction of sp³-hybridized carbons (Fsp3) is 0.348. The predicted molar refractivity (Wildman–Crippen MR) is 124 cm³/mol. The highest BCUT2D eigenvalue weighted by Crippen LogP contribution is 2.29. The normalized spacial score (nSPS) is 23.4. The van der Waals surface area contributed by atoms with Crippen molar-refractivity contribution < 1.29 is 14.4 Å². The van der Waals surface area contributed by atoms with Crippen molar-refractivity contribution in [2.45, 2.75) is 38.5 Å². The van der Waals surface area contributed by atoms with Crippen LogP contribution in [0.1, 0.15) is 19.4 Å². The van der Waals surface area contributed by atoms with E-state index in [0.717, 1.165) is 10.0 Å². The van der Waals surface area contributed by atoms with Crippen LogP contribution in [-0.2, 0) is 16.1 Å². The van der Waals surface area contributed by atoms with Gasteiger partial charge in [0.1, 0.15) is 12.6 Å². The Balaban J connectivity index is 1.59. The van der Waals surface area contributed by atoms with Gasteiger partial charge in [0.15, 0.2) is 0 Å². The maximum atomic E-state index is 13.5. The number of anilines is 1. The van der Waals surface area contributed by atoms with E-state index in [2.05, 4.69) is 26.7 Å². The molecule has 2 N–H and O–H groups in total. The maximum absolute atomic E-state index is 13.5. The number of urea groups is 1. The molecule has 0 spiro atoms. The van der Waals surface area contributed by atoms with Crippen molar-refractivity contribution in [3.63, 3.8) is 0 Å². The lowest BCUT2D eigenvalue weighted by Crippen LogP contribution is -2.67. The highest BCUT2D eigenvalue weighted by molar-refractivity contribution is 9.10. The Bertz CT molecular complexity index is 1000. The Hall–Kier alpha value is -2.75. The van der Waals surface area contributed by atoms with E-state index in [-0.39, 0.29) is 30.9 Å². The van der Waals surface area contributed by atoms with E-state index in [0.29, 0.717) is 12.2 Å². The summed E-state index contributed by atoms with van der Waals surface area (Å²) in [6, 6.07) is 15.0. The molecule has 4 amide bonds. The van der Waals surface area contributed by atoms with Gasteiger partial charge < -0.3 is 10.2 Å². The molecule has 0 aliphatic carbocycles. The Morgan fingerprint density at radius 3 is 2.44 bits per heavy atom. The first-order valence-electron chi connectivity index (χ1n) is 10.6. The van der Waals surface area contributed by atoms with Gasteiger partial charge in [0.05, 0.1) is 12.6 Å². The van der Waals surface area contributed by atoms with E-state index >= 15 is 0 Å². The summed E-state index contributed by atoms with van der Waals surface area (Å²) in [5.41, 5.74) is 4.79. The van der Waals surface area contributed by atoms with Crippen LogP contribution in [0, 0.1) is 0 Å². The molecule has 0 bridgehead atoms. The van der Waals surface area contributed by atoms with Gasteiger partial charge in [-0.1, -0.05) is 53.2 Å². The number of fused-ring (bicyclic) bond motifs is 1. The van der Waals surface area contributed by atoms with Crippen LogP contribution in [0.5, 0.6) is 0 Å². The zero-order chi connectivity index (χ0) is 22.8. The molecule has 2 aromatic rings. The summed E-state index contributed by atoms with van der Waals surface area (Å²) in [6.07, 6.45) is 0. The van der Waals surface area contributed by atoms with Crippen LogP contribution < -0.4 is 10.7 Å². The molecule has 0 saturated carbocycles. The van der Waals surface area contributed by atoms with Crippen molar-refractivity contribution in [2.75, 3.05) is 18.4 Å². The highest BCUT2D eigenvalue weighted by Gasteiger charge is 2.54. The van der Waals surface area contributed by atoms with Gasteiger partial charge in [0.25, 0.3) is 5.91 Å². The first kappa shape index (κ1) is 22.4. The highest BCUT2D eigenvalue weighted by atomic mass is 79.9. The third kappa shape index (κ3) is 4.41. The van der Waals surface area contributed by atoms with Crippen LogP contribution in [0.15, 0.2) is 59.1 Å². The summed E-state index contributed by atoms with van der Waals surface area (Å²) >= 11 is 3.37. The molecule has 0 aromatic heterocycles. The molecule has 2 aromatic carbocycles. The summed E-state index contributed by atoms with van der Waals surface area (Å²) in [6.45, 7) is 4.51. The molecule has 2 saturated heterocycles. The molecule has 2 aliphatic heterocycles. The Labute approximate surface area is 195 Å². The zero-order valence-electron chi connectivity index (χ0n) is 18.0. The van der Waals surface area contributed by atoms with Crippen LogP contribution in [0.4, 0.5) is 10.5 Å². The van der Waals surface area contributed by atoms with Crippen LogP contribution in [-0.4, -0.2) is 63.9 Å². The molecule has 32 heavy (non-hydrogen) atoms. The van der Waals surface area contributed by atoms with Crippen molar-refractivity contribution >= 4 is 39.5 Å². The minimum Gasteiger partial charge on any atom is -0.325 e. The van der Waals surface area contributed by atoms with Crippen LogP contribution >= 0.6 is 15.9 Å². The van der Waals surface area contributed by atoms with E-state index in [4.69, 9.17) is 0 Å². The number of hydrogen-bond donors (Lipinski definition) is 2. The average Bonchev–Trinajstić information content (AvgIpc) is 3.13. The van der Waals surface area contributed by atoms with E-state index < -0.39 is 18.1 Å². The van der Waals surface area contributed by atoms with Crippen molar-refractivity contribution in [2.24, 2.45) is 0 Å².